The molecule has 0 saturated carbocycles. The third kappa shape index (κ3) is 6.27. The summed E-state index contributed by atoms with van der Waals surface area (Å²) in [6, 6.07) is 80.6. The van der Waals surface area contributed by atoms with Crippen LogP contribution in [0.3, 0.4) is 0 Å². The first-order valence-corrected chi connectivity index (χ1v) is 26.4. The van der Waals surface area contributed by atoms with Gasteiger partial charge in [-0.05, 0) is 128 Å². The lowest BCUT2D eigenvalue weighted by atomic mass is 9.75. The summed E-state index contributed by atoms with van der Waals surface area (Å²) in [4.78, 5) is 16.0. The molecule has 4 atom stereocenters. The lowest BCUT2D eigenvalue weighted by Crippen LogP contribution is -2.22. The lowest BCUT2D eigenvalue weighted by molar-refractivity contribution is 0.446. The summed E-state index contributed by atoms with van der Waals surface area (Å²) in [6.45, 7) is 4.89. The van der Waals surface area contributed by atoms with Crippen LogP contribution in [0.15, 0.2) is 228 Å². The van der Waals surface area contributed by atoms with E-state index in [1.807, 2.05) is 11.8 Å². The molecular weight excluding hydrogens is 901 g/mol. The van der Waals surface area contributed by atoms with Crippen LogP contribution in [0.1, 0.15) is 64.1 Å². The highest BCUT2D eigenvalue weighted by atomic mass is 32.2. The van der Waals surface area contributed by atoms with Crippen LogP contribution < -0.4 is 4.90 Å². The molecule has 9 aromatic carbocycles. The van der Waals surface area contributed by atoms with Gasteiger partial charge in [-0.1, -0.05) is 159 Å². The van der Waals surface area contributed by atoms with E-state index >= 15 is 0 Å². The number of anilines is 2. The van der Waals surface area contributed by atoms with Gasteiger partial charge in [-0.25, -0.2) is 9.97 Å². The predicted molar refractivity (Wildman–Crippen MR) is 295 cm³/mol. The van der Waals surface area contributed by atoms with Gasteiger partial charge in [-0.2, -0.15) is 0 Å². The molecule has 0 spiro atoms. The summed E-state index contributed by atoms with van der Waals surface area (Å²) >= 11 is 4.02. The van der Waals surface area contributed by atoms with Gasteiger partial charge in [0.25, 0.3) is 0 Å². The van der Waals surface area contributed by atoms with E-state index in [-0.39, 0.29) is 16.7 Å². The normalized spacial score (nSPS) is 18.8. The van der Waals surface area contributed by atoms with E-state index in [4.69, 9.17) is 9.97 Å². The van der Waals surface area contributed by atoms with E-state index in [0.717, 1.165) is 33.9 Å². The van der Waals surface area contributed by atoms with Crippen molar-refractivity contribution in [2.45, 2.75) is 51.5 Å². The molecule has 11 aromatic rings. The SMILES string of the molecule is CC1(C)c2ccc(-c3ccc4c(c3)c3cc(-c5ccc6c(c5)C5Sc7ccccc7C5N6c5nc(-c6ccccc6)cc(-c6ccccc6)n5)ccc3n4-c3ccccc3)cc2C2Sc3ccccc3C21. The minimum absolute atomic E-state index is 0.0413. The van der Waals surface area contributed by atoms with Crippen molar-refractivity contribution in [2.24, 2.45) is 0 Å². The van der Waals surface area contributed by atoms with Crippen LogP contribution in [0, 0.1) is 0 Å². The maximum atomic E-state index is 5.39. The highest BCUT2D eigenvalue weighted by Crippen LogP contribution is 2.67. The third-order valence-corrected chi connectivity index (χ3v) is 18.6. The van der Waals surface area contributed by atoms with Crippen LogP contribution in [0.4, 0.5) is 11.6 Å². The Hall–Kier alpha value is -7.64. The van der Waals surface area contributed by atoms with Gasteiger partial charge in [-0.15, -0.1) is 23.5 Å². The van der Waals surface area contributed by atoms with Gasteiger partial charge in [0.05, 0.1) is 33.7 Å². The number of hydrogen-bond acceptors (Lipinski definition) is 5. The molecule has 0 radical (unpaired) electrons. The molecule has 0 fully saturated rings. The molecule has 4 aliphatic rings. The van der Waals surface area contributed by atoms with Crippen molar-refractivity contribution in [2.75, 3.05) is 4.90 Å². The summed E-state index contributed by atoms with van der Waals surface area (Å²) < 4.78 is 2.44. The molecule has 2 aromatic heterocycles. The number of hydrogen-bond donors (Lipinski definition) is 0. The number of aromatic nitrogens is 3. The second-order valence-corrected chi connectivity index (χ2v) is 22.4. The molecule has 4 unspecified atom stereocenters. The summed E-state index contributed by atoms with van der Waals surface area (Å²) in [5.74, 6) is 1.19. The Balaban J connectivity index is 0.868. The number of thioether (sulfide) groups is 2. The maximum absolute atomic E-state index is 5.39. The van der Waals surface area contributed by atoms with E-state index in [0.29, 0.717) is 17.1 Å². The minimum Gasteiger partial charge on any atom is -0.309 e. The summed E-state index contributed by atoms with van der Waals surface area (Å²) in [5.41, 5.74) is 20.8. The van der Waals surface area contributed by atoms with Crippen LogP contribution in [0.25, 0.3) is 72.3 Å². The van der Waals surface area contributed by atoms with Gasteiger partial charge in [0.1, 0.15) is 0 Å². The molecule has 71 heavy (non-hydrogen) atoms. The van der Waals surface area contributed by atoms with Crippen LogP contribution in [0.5, 0.6) is 0 Å². The zero-order valence-electron chi connectivity index (χ0n) is 39.2. The van der Waals surface area contributed by atoms with E-state index in [1.165, 1.54) is 81.7 Å². The van der Waals surface area contributed by atoms with Crippen LogP contribution in [-0.2, 0) is 5.41 Å². The second kappa shape index (κ2) is 15.7. The molecule has 5 heterocycles. The Kier molecular flexibility index (Phi) is 9.09. The molecular formula is C65H46N4S2. The van der Waals surface area contributed by atoms with Gasteiger partial charge in [0.2, 0.25) is 5.95 Å². The summed E-state index contributed by atoms with van der Waals surface area (Å²) in [5, 5.41) is 3.09. The molecule has 1 aliphatic carbocycles. The molecule has 3 aliphatic heterocycles. The fourth-order valence-electron chi connectivity index (χ4n) is 12.5. The first-order valence-electron chi connectivity index (χ1n) is 24.7. The van der Waals surface area contributed by atoms with E-state index < -0.39 is 0 Å². The first kappa shape index (κ1) is 41.2. The van der Waals surface area contributed by atoms with Gasteiger partial charge in [0.15, 0.2) is 0 Å². The molecule has 0 amide bonds. The monoisotopic (exact) mass is 946 g/mol. The minimum atomic E-state index is 0.0413. The van der Waals surface area contributed by atoms with Crippen molar-refractivity contribution >= 4 is 57.0 Å². The number of nitrogens with zero attached hydrogens (tertiary/aromatic N) is 4. The molecule has 4 nitrogen and oxygen atoms in total. The van der Waals surface area contributed by atoms with Crippen molar-refractivity contribution in [1.82, 2.24) is 14.5 Å². The van der Waals surface area contributed by atoms with Crippen molar-refractivity contribution in [3.8, 4) is 50.5 Å². The second-order valence-electron chi connectivity index (χ2n) is 20.0. The maximum Gasteiger partial charge on any atom is 0.231 e. The van der Waals surface area contributed by atoms with Crippen LogP contribution >= 0.6 is 23.5 Å². The Bertz CT molecular complexity index is 3900. The number of para-hydroxylation sites is 1. The number of benzene rings is 9. The number of rotatable bonds is 6. The zero-order valence-corrected chi connectivity index (χ0v) is 40.8. The van der Waals surface area contributed by atoms with Crippen molar-refractivity contribution in [1.29, 1.82) is 0 Å². The predicted octanol–water partition coefficient (Wildman–Crippen LogP) is 17.5. The van der Waals surface area contributed by atoms with Gasteiger partial charge < -0.3 is 9.47 Å². The Morgan fingerprint density at radius 2 is 0.930 bits per heavy atom. The van der Waals surface area contributed by atoms with Crippen LogP contribution in [-0.4, -0.2) is 14.5 Å². The third-order valence-electron chi connectivity index (χ3n) is 15.8. The highest BCUT2D eigenvalue weighted by molar-refractivity contribution is 8.00. The fourth-order valence-corrected chi connectivity index (χ4v) is 15.7. The lowest BCUT2D eigenvalue weighted by Gasteiger charge is -2.28. The van der Waals surface area contributed by atoms with Crippen molar-refractivity contribution in [3.63, 3.8) is 0 Å². The van der Waals surface area contributed by atoms with E-state index in [1.54, 1.807) is 0 Å². The smallest absolute Gasteiger partial charge is 0.231 e. The van der Waals surface area contributed by atoms with Gasteiger partial charge in [-0.3, -0.25) is 0 Å². The highest BCUT2D eigenvalue weighted by Gasteiger charge is 2.51. The Morgan fingerprint density at radius 3 is 1.58 bits per heavy atom. The molecule has 6 heteroatoms. The molecule has 0 N–H and O–H groups in total. The zero-order chi connectivity index (χ0) is 47.0. The average Bonchev–Trinajstić information content (AvgIpc) is 4.22. The largest absolute Gasteiger partial charge is 0.309 e. The average molecular weight is 947 g/mol. The standard InChI is InChI=1S/C65H46N4S2/c1-65(2)52-30-26-41(36-50(52)62-60(65)46-22-12-14-24-58(46)70-62)42-27-31-55-48(34-42)49-35-43(28-32-56(49)68(55)45-20-10-5-11-21-45)44-29-33-57-51(37-44)63-61(47-23-13-15-25-59(47)71-63)69(57)64-66-53(39-16-6-3-7-17-39)38-54(67-64)40-18-8-4-9-19-40/h3-38,60-63H,1-2H3. The summed E-state index contributed by atoms with van der Waals surface area (Å²) in [7, 11) is 0. The van der Waals surface area contributed by atoms with E-state index in [2.05, 4.69) is 253 Å². The first-order chi connectivity index (χ1) is 34.9. The fraction of sp³-hybridized carbons (Fsp3) is 0.108. The van der Waals surface area contributed by atoms with E-state index in [9.17, 15) is 0 Å². The van der Waals surface area contributed by atoms with Crippen molar-refractivity contribution in [3.05, 3.63) is 246 Å². The van der Waals surface area contributed by atoms with Gasteiger partial charge >= 0.3 is 0 Å². The quantitative estimate of drug-likeness (QED) is 0.166. The number of fused-ring (bicyclic) bond motifs is 13. The van der Waals surface area contributed by atoms with Crippen molar-refractivity contribution < 1.29 is 0 Å². The molecule has 15 rings (SSSR count). The van der Waals surface area contributed by atoms with Gasteiger partial charge in [0, 0.05) is 54.2 Å². The molecule has 338 valence electrons. The molecule has 0 saturated heterocycles. The summed E-state index contributed by atoms with van der Waals surface area (Å²) in [6.07, 6.45) is 0. The topological polar surface area (TPSA) is 34.0 Å². The Morgan fingerprint density at radius 1 is 0.423 bits per heavy atom. The Labute approximate surface area is 422 Å². The van der Waals surface area contributed by atoms with Crippen LogP contribution in [0.2, 0.25) is 0 Å². The molecule has 0 bridgehead atoms.